The Bertz CT molecular complexity index is 388. The summed E-state index contributed by atoms with van der Waals surface area (Å²) >= 11 is 0. The molecule has 0 radical (unpaired) electrons. The molecule has 0 saturated heterocycles. The van der Waals surface area contributed by atoms with E-state index in [-0.39, 0.29) is 0 Å². The van der Waals surface area contributed by atoms with Gasteiger partial charge in [-0.15, -0.1) is 0 Å². The van der Waals surface area contributed by atoms with Crippen molar-refractivity contribution in [2.75, 3.05) is 13.7 Å². The van der Waals surface area contributed by atoms with E-state index in [2.05, 4.69) is 24.4 Å². The molecule has 2 unspecified atom stereocenters. The van der Waals surface area contributed by atoms with Crippen LogP contribution in [-0.4, -0.2) is 24.4 Å². The predicted octanol–water partition coefficient (Wildman–Crippen LogP) is 2.82. The van der Waals surface area contributed by atoms with E-state index in [4.69, 9.17) is 4.74 Å². The topological polar surface area (TPSA) is 41.5 Å². The maximum absolute atomic E-state index is 9.92. The number of ether oxygens (including phenoxy) is 1. The predicted molar refractivity (Wildman–Crippen MR) is 75.1 cm³/mol. The quantitative estimate of drug-likeness (QED) is 0.817. The van der Waals surface area contributed by atoms with E-state index < -0.39 is 5.60 Å². The molecule has 2 N–H and O–H groups in total. The summed E-state index contributed by atoms with van der Waals surface area (Å²) in [5, 5.41) is 13.1. The highest BCUT2D eigenvalue weighted by molar-refractivity contribution is 5.37. The largest absolute Gasteiger partial charge is 0.490 e. The van der Waals surface area contributed by atoms with Gasteiger partial charge in [0.2, 0.25) is 0 Å². The second-order valence-corrected chi connectivity index (χ2v) is 5.17. The molecule has 102 valence electrons. The average Bonchev–Trinajstić information content (AvgIpc) is 2.36. The van der Waals surface area contributed by atoms with Gasteiger partial charge in [0.25, 0.3) is 0 Å². The van der Waals surface area contributed by atoms with Crippen LogP contribution in [0, 0.1) is 6.92 Å². The van der Waals surface area contributed by atoms with Gasteiger partial charge in [0.1, 0.15) is 12.4 Å². The minimum atomic E-state index is -0.761. The lowest BCUT2D eigenvalue weighted by Crippen LogP contribution is -2.31. The van der Waals surface area contributed by atoms with Crippen molar-refractivity contribution >= 4 is 0 Å². The summed E-state index contributed by atoms with van der Waals surface area (Å²) in [5.41, 5.74) is 1.58. The second-order valence-electron chi connectivity index (χ2n) is 5.17. The van der Waals surface area contributed by atoms with Gasteiger partial charge >= 0.3 is 0 Å². The van der Waals surface area contributed by atoms with E-state index in [1.807, 2.05) is 27.0 Å². The molecule has 1 rings (SSSR count). The van der Waals surface area contributed by atoms with Crippen molar-refractivity contribution in [3.63, 3.8) is 0 Å². The van der Waals surface area contributed by atoms with Crippen molar-refractivity contribution in [3.8, 4) is 5.75 Å². The number of rotatable bonds is 6. The summed E-state index contributed by atoms with van der Waals surface area (Å²) < 4.78 is 5.69. The van der Waals surface area contributed by atoms with Crippen LogP contribution in [0.1, 0.15) is 44.4 Å². The van der Waals surface area contributed by atoms with Gasteiger partial charge in [-0.25, -0.2) is 0 Å². The summed E-state index contributed by atoms with van der Waals surface area (Å²) in [7, 11) is 1.95. The lowest BCUT2D eigenvalue weighted by molar-refractivity contribution is 0.00827. The minimum Gasteiger partial charge on any atom is -0.490 e. The third-order valence-corrected chi connectivity index (χ3v) is 3.43. The maximum Gasteiger partial charge on any atom is 0.122 e. The molecule has 0 spiro atoms. The lowest BCUT2D eigenvalue weighted by atomic mass is 10.0. The fraction of sp³-hybridized carbons (Fsp3) is 0.600. The van der Waals surface area contributed by atoms with Gasteiger partial charge in [0.05, 0.1) is 5.60 Å². The highest BCUT2D eigenvalue weighted by atomic mass is 16.5. The van der Waals surface area contributed by atoms with Crippen LogP contribution in [-0.2, 0) is 0 Å². The Hall–Kier alpha value is -1.06. The van der Waals surface area contributed by atoms with Gasteiger partial charge in [-0.3, -0.25) is 0 Å². The van der Waals surface area contributed by atoms with Gasteiger partial charge in [0, 0.05) is 6.04 Å². The molecular formula is C15H25NO2. The van der Waals surface area contributed by atoms with Crippen LogP contribution >= 0.6 is 0 Å². The van der Waals surface area contributed by atoms with Gasteiger partial charge in [0.15, 0.2) is 0 Å². The van der Waals surface area contributed by atoms with Crippen molar-refractivity contribution < 1.29 is 9.84 Å². The van der Waals surface area contributed by atoms with E-state index in [0.717, 1.165) is 11.3 Å². The van der Waals surface area contributed by atoms with Crippen LogP contribution < -0.4 is 10.1 Å². The van der Waals surface area contributed by atoms with E-state index in [1.165, 1.54) is 5.56 Å². The van der Waals surface area contributed by atoms with Crippen LogP contribution in [0.4, 0.5) is 0 Å². The molecule has 0 amide bonds. The zero-order chi connectivity index (χ0) is 13.8. The molecule has 0 aromatic heterocycles. The van der Waals surface area contributed by atoms with Crippen LogP contribution in [0.3, 0.4) is 0 Å². The first-order valence-electron chi connectivity index (χ1n) is 6.52. The molecule has 1 aromatic rings. The number of aryl methyl sites for hydroxylation is 1. The minimum absolute atomic E-state index is 0.325. The Morgan fingerprint density at radius 1 is 1.44 bits per heavy atom. The number of aliphatic hydroxyl groups is 1. The standard InChI is InChI=1S/C15H25NO2/c1-6-15(4,17)10-18-14-8-7-13(9-11(14)2)12(3)16-5/h7-9,12,16-17H,6,10H2,1-5H3. The van der Waals surface area contributed by atoms with Gasteiger partial charge < -0.3 is 15.2 Å². The van der Waals surface area contributed by atoms with E-state index in [0.29, 0.717) is 19.1 Å². The summed E-state index contributed by atoms with van der Waals surface area (Å²) in [6.07, 6.45) is 0.681. The Morgan fingerprint density at radius 2 is 2.11 bits per heavy atom. The molecule has 0 aliphatic carbocycles. The van der Waals surface area contributed by atoms with Gasteiger partial charge in [-0.1, -0.05) is 19.1 Å². The summed E-state index contributed by atoms with van der Waals surface area (Å²) in [5.74, 6) is 0.843. The number of nitrogens with one attached hydrogen (secondary N) is 1. The smallest absolute Gasteiger partial charge is 0.122 e. The third-order valence-electron chi connectivity index (χ3n) is 3.43. The van der Waals surface area contributed by atoms with Crippen LogP contribution in [0.5, 0.6) is 5.75 Å². The van der Waals surface area contributed by atoms with E-state index in [1.54, 1.807) is 6.92 Å². The zero-order valence-electron chi connectivity index (χ0n) is 12.1. The number of benzene rings is 1. The highest BCUT2D eigenvalue weighted by Crippen LogP contribution is 2.23. The molecule has 0 aliphatic heterocycles. The molecule has 18 heavy (non-hydrogen) atoms. The molecule has 0 fully saturated rings. The summed E-state index contributed by atoms with van der Waals surface area (Å²) in [6.45, 7) is 8.22. The van der Waals surface area contributed by atoms with Gasteiger partial charge in [-0.2, -0.15) is 0 Å². The van der Waals surface area contributed by atoms with E-state index in [9.17, 15) is 5.11 Å². The molecule has 0 saturated carbocycles. The SMILES string of the molecule is CCC(C)(O)COc1ccc(C(C)NC)cc1C. The molecular weight excluding hydrogens is 226 g/mol. The Kier molecular flexibility index (Phi) is 5.17. The fourth-order valence-corrected chi connectivity index (χ4v) is 1.61. The van der Waals surface area contributed by atoms with Gasteiger partial charge in [-0.05, 0) is 51.4 Å². The molecule has 0 aliphatic rings. The summed E-state index contributed by atoms with van der Waals surface area (Å²) in [6, 6.07) is 6.49. The molecule has 3 nitrogen and oxygen atoms in total. The second kappa shape index (κ2) is 6.21. The first-order chi connectivity index (χ1) is 8.39. The molecule has 2 atom stereocenters. The molecule has 1 aromatic carbocycles. The third kappa shape index (κ3) is 4.00. The maximum atomic E-state index is 9.92. The van der Waals surface area contributed by atoms with Crippen molar-refractivity contribution in [2.24, 2.45) is 0 Å². The Morgan fingerprint density at radius 3 is 2.61 bits per heavy atom. The van der Waals surface area contributed by atoms with E-state index >= 15 is 0 Å². The lowest BCUT2D eigenvalue weighted by Gasteiger charge is -2.22. The monoisotopic (exact) mass is 251 g/mol. The van der Waals surface area contributed by atoms with Crippen LogP contribution in [0.25, 0.3) is 0 Å². The van der Waals surface area contributed by atoms with Crippen molar-refractivity contribution in [1.82, 2.24) is 5.32 Å². The first-order valence-corrected chi connectivity index (χ1v) is 6.52. The first kappa shape index (κ1) is 15.0. The van der Waals surface area contributed by atoms with Crippen molar-refractivity contribution in [3.05, 3.63) is 29.3 Å². The van der Waals surface area contributed by atoms with Crippen molar-refractivity contribution in [1.29, 1.82) is 0 Å². The number of hydrogen-bond donors (Lipinski definition) is 2. The normalized spacial score (nSPS) is 16.1. The summed E-state index contributed by atoms with van der Waals surface area (Å²) in [4.78, 5) is 0. The fourth-order valence-electron chi connectivity index (χ4n) is 1.61. The molecule has 0 heterocycles. The van der Waals surface area contributed by atoms with Crippen molar-refractivity contribution in [2.45, 2.75) is 45.8 Å². The zero-order valence-corrected chi connectivity index (χ0v) is 12.1. The Labute approximate surface area is 110 Å². The molecule has 0 bridgehead atoms. The Balaban J connectivity index is 2.74. The van der Waals surface area contributed by atoms with Crippen LogP contribution in [0.15, 0.2) is 18.2 Å². The molecule has 3 heteroatoms. The highest BCUT2D eigenvalue weighted by Gasteiger charge is 2.18. The average molecular weight is 251 g/mol. The van der Waals surface area contributed by atoms with Crippen LogP contribution in [0.2, 0.25) is 0 Å². The number of hydrogen-bond acceptors (Lipinski definition) is 3.